The summed E-state index contributed by atoms with van der Waals surface area (Å²) < 4.78 is 0. The topological polar surface area (TPSA) is 40.5 Å². The van der Waals surface area contributed by atoms with Crippen molar-refractivity contribution in [2.45, 2.75) is 60.0 Å². The van der Waals surface area contributed by atoms with Crippen LogP contribution in [0, 0.1) is 23.2 Å². The minimum absolute atomic E-state index is 0.0193. The molecule has 0 radical (unpaired) electrons. The maximum atomic E-state index is 10.1. The summed E-state index contributed by atoms with van der Waals surface area (Å²) in [6.45, 7) is 10.6. The Morgan fingerprint density at radius 3 is 2.68 bits per heavy atom. The summed E-state index contributed by atoms with van der Waals surface area (Å²) in [6.07, 6.45) is 8.84. The molecule has 2 N–H and O–H groups in total. The molecule has 0 aromatic rings. The first kappa shape index (κ1) is 18.7. The van der Waals surface area contributed by atoms with Gasteiger partial charge in [0.25, 0.3) is 0 Å². The molecule has 22 heavy (non-hydrogen) atoms. The second-order valence-corrected chi connectivity index (χ2v) is 6.93. The molecule has 2 atom stereocenters. The van der Waals surface area contributed by atoms with Gasteiger partial charge in [-0.15, -0.1) is 0 Å². The lowest BCUT2D eigenvalue weighted by atomic mass is 9.72. The van der Waals surface area contributed by atoms with Crippen molar-refractivity contribution < 1.29 is 10.2 Å². The van der Waals surface area contributed by atoms with E-state index in [4.69, 9.17) is 5.11 Å². The first-order valence-corrected chi connectivity index (χ1v) is 8.13. The average Bonchev–Trinajstić information content (AvgIpc) is 2.43. The lowest BCUT2D eigenvalue weighted by Gasteiger charge is -2.33. The van der Waals surface area contributed by atoms with Gasteiger partial charge < -0.3 is 10.2 Å². The van der Waals surface area contributed by atoms with E-state index >= 15 is 0 Å². The Morgan fingerprint density at radius 1 is 1.41 bits per heavy atom. The molecule has 2 nitrogen and oxygen atoms in total. The lowest BCUT2D eigenvalue weighted by Crippen LogP contribution is -2.20. The second kappa shape index (κ2) is 8.36. The first-order chi connectivity index (χ1) is 10.3. The smallest absolute Gasteiger partial charge is 0.121 e. The van der Waals surface area contributed by atoms with Crippen LogP contribution >= 0.6 is 0 Å². The highest BCUT2D eigenvalue weighted by Crippen LogP contribution is 2.40. The molecule has 0 spiro atoms. The first-order valence-electron chi connectivity index (χ1n) is 8.13. The Labute approximate surface area is 135 Å². The number of allylic oxidation sites excluding steroid dienone is 4. The zero-order chi connectivity index (χ0) is 16.8. The highest BCUT2D eigenvalue weighted by atomic mass is 16.3. The molecule has 2 heteroatoms. The van der Waals surface area contributed by atoms with Crippen LogP contribution in [0.2, 0.25) is 0 Å². The van der Waals surface area contributed by atoms with Crippen molar-refractivity contribution in [1.82, 2.24) is 0 Å². The minimum Gasteiger partial charge on any atom is -0.392 e. The summed E-state index contributed by atoms with van der Waals surface area (Å²) in [5.41, 5.74) is 3.86. The van der Waals surface area contributed by atoms with Gasteiger partial charge in [-0.2, -0.15) is 0 Å². The van der Waals surface area contributed by atoms with Gasteiger partial charge in [-0.3, -0.25) is 0 Å². The van der Waals surface area contributed by atoms with Crippen LogP contribution in [0.4, 0.5) is 0 Å². The molecule has 0 saturated heterocycles. The fourth-order valence-electron chi connectivity index (χ4n) is 2.87. The van der Waals surface area contributed by atoms with E-state index in [0.717, 1.165) is 5.57 Å². The summed E-state index contributed by atoms with van der Waals surface area (Å²) in [4.78, 5) is 0. The van der Waals surface area contributed by atoms with Crippen LogP contribution in [0.15, 0.2) is 34.9 Å². The molecule has 122 valence electrons. The number of hydrogen-bond donors (Lipinski definition) is 2. The largest absolute Gasteiger partial charge is 0.392 e. The normalized spacial score (nSPS) is 21.5. The molecular weight excluding hydrogens is 272 g/mol. The maximum absolute atomic E-state index is 10.1. The number of aliphatic hydroxyl groups is 2. The van der Waals surface area contributed by atoms with Gasteiger partial charge in [0.05, 0.1) is 6.61 Å². The number of hydrogen-bond acceptors (Lipinski definition) is 2. The predicted octanol–water partition coefficient (Wildman–Crippen LogP) is 4.01. The molecular formula is C20H30O2. The Morgan fingerprint density at radius 2 is 2.09 bits per heavy atom. The standard InChI is InChI=1S/C20H30O2/c1-15(12-14-21)8-11-19(22)17(3)9-10-18-16(2)7-6-13-20(18,4)5/h9-10,12,17,19,21-22H,6-7,13-14H2,1-5H3/b10-9+,15-12-/t17-,19-/m0/s1. The molecule has 0 aromatic heterocycles. The molecule has 0 aromatic carbocycles. The van der Waals surface area contributed by atoms with Gasteiger partial charge in [-0.25, -0.2) is 0 Å². The Balaban J connectivity index is 2.79. The number of rotatable bonds is 4. The monoisotopic (exact) mass is 302 g/mol. The number of aliphatic hydroxyl groups excluding tert-OH is 2. The van der Waals surface area contributed by atoms with Crippen LogP contribution in [-0.4, -0.2) is 22.9 Å². The maximum Gasteiger partial charge on any atom is 0.121 e. The molecule has 1 aliphatic carbocycles. The summed E-state index contributed by atoms with van der Waals surface area (Å²) in [5.74, 6) is 5.71. The van der Waals surface area contributed by atoms with Gasteiger partial charge in [0.2, 0.25) is 0 Å². The van der Waals surface area contributed by atoms with E-state index in [1.165, 1.54) is 30.4 Å². The van der Waals surface area contributed by atoms with E-state index in [1.54, 1.807) is 6.08 Å². The van der Waals surface area contributed by atoms with E-state index in [1.807, 2.05) is 13.8 Å². The minimum atomic E-state index is -0.689. The van der Waals surface area contributed by atoms with Crippen molar-refractivity contribution in [3.63, 3.8) is 0 Å². The van der Waals surface area contributed by atoms with Gasteiger partial charge in [0.15, 0.2) is 0 Å². The molecule has 0 amide bonds. The second-order valence-electron chi connectivity index (χ2n) is 6.93. The van der Waals surface area contributed by atoms with E-state index in [9.17, 15) is 5.11 Å². The molecule has 0 heterocycles. The SMILES string of the molecule is CC1=C(/C=C/[C@H](C)[C@@H](O)C#C/C(C)=C\CO)C(C)(C)CCC1. The molecule has 0 bridgehead atoms. The van der Waals surface area contributed by atoms with Crippen molar-refractivity contribution in [3.05, 3.63) is 34.9 Å². The van der Waals surface area contributed by atoms with Gasteiger partial charge in [0, 0.05) is 5.92 Å². The van der Waals surface area contributed by atoms with Gasteiger partial charge in [0.1, 0.15) is 6.10 Å². The van der Waals surface area contributed by atoms with Gasteiger partial charge >= 0.3 is 0 Å². The van der Waals surface area contributed by atoms with Crippen LogP contribution in [-0.2, 0) is 0 Å². The highest BCUT2D eigenvalue weighted by molar-refractivity contribution is 5.33. The van der Waals surface area contributed by atoms with E-state index < -0.39 is 6.10 Å². The predicted molar refractivity (Wildman–Crippen MR) is 93.3 cm³/mol. The van der Waals surface area contributed by atoms with Gasteiger partial charge in [-0.05, 0) is 55.7 Å². The van der Waals surface area contributed by atoms with Crippen molar-refractivity contribution >= 4 is 0 Å². The van der Waals surface area contributed by atoms with Gasteiger partial charge in [-0.1, -0.05) is 50.3 Å². The van der Waals surface area contributed by atoms with E-state index in [0.29, 0.717) is 0 Å². The summed E-state index contributed by atoms with van der Waals surface area (Å²) >= 11 is 0. The molecule has 0 unspecified atom stereocenters. The van der Waals surface area contributed by atoms with E-state index in [2.05, 4.69) is 44.8 Å². The lowest BCUT2D eigenvalue weighted by molar-refractivity contribution is 0.194. The molecule has 0 fully saturated rings. The third kappa shape index (κ3) is 5.48. The van der Waals surface area contributed by atoms with Crippen LogP contribution in [0.5, 0.6) is 0 Å². The van der Waals surface area contributed by atoms with E-state index in [-0.39, 0.29) is 17.9 Å². The summed E-state index contributed by atoms with van der Waals surface area (Å²) in [5, 5.41) is 18.9. The average molecular weight is 302 g/mol. The fourth-order valence-corrected chi connectivity index (χ4v) is 2.87. The Kier molecular flexibility index (Phi) is 7.13. The summed E-state index contributed by atoms with van der Waals surface area (Å²) in [6, 6.07) is 0. The fraction of sp³-hybridized carbons (Fsp3) is 0.600. The third-order valence-electron chi connectivity index (χ3n) is 4.42. The zero-order valence-corrected chi connectivity index (χ0v) is 14.6. The zero-order valence-electron chi connectivity index (χ0n) is 14.6. The molecule has 1 rings (SSSR count). The molecule has 0 saturated carbocycles. The van der Waals surface area contributed by atoms with Crippen molar-refractivity contribution in [2.24, 2.45) is 11.3 Å². The van der Waals surface area contributed by atoms with Crippen LogP contribution < -0.4 is 0 Å². The summed E-state index contributed by atoms with van der Waals surface area (Å²) in [7, 11) is 0. The van der Waals surface area contributed by atoms with Crippen LogP contribution in [0.3, 0.4) is 0 Å². The van der Waals surface area contributed by atoms with Crippen LogP contribution in [0.25, 0.3) is 0 Å². The van der Waals surface area contributed by atoms with Crippen molar-refractivity contribution in [2.75, 3.05) is 6.61 Å². The Bertz CT molecular complexity index is 524. The molecule has 0 aliphatic heterocycles. The third-order valence-corrected chi connectivity index (χ3v) is 4.42. The highest BCUT2D eigenvalue weighted by Gasteiger charge is 2.26. The van der Waals surface area contributed by atoms with Crippen LogP contribution in [0.1, 0.15) is 53.9 Å². The van der Waals surface area contributed by atoms with Crippen molar-refractivity contribution in [3.8, 4) is 11.8 Å². The molecule has 1 aliphatic rings. The quantitative estimate of drug-likeness (QED) is 0.770. The van der Waals surface area contributed by atoms with Crippen molar-refractivity contribution in [1.29, 1.82) is 0 Å². The Hall–Kier alpha value is -1.30.